The average molecular weight is 291 g/mol. The summed E-state index contributed by atoms with van der Waals surface area (Å²) in [6, 6.07) is 0. The van der Waals surface area contributed by atoms with Gasteiger partial charge in [0.1, 0.15) is 4.83 Å². The van der Waals surface area contributed by atoms with Crippen molar-refractivity contribution in [2.45, 2.75) is 16.2 Å². The van der Waals surface area contributed by atoms with E-state index in [2.05, 4.69) is 31.5 Å². The quantitative estimate of drug-likeness (QED) is 0.627. The van der Waals surface area contributed by atoms with E-state index >= 15 is 0 Å². The Morgan fingerprint density at radius 2 is 2.21 bits per heavy atom. The third-order valence-electron chi connectivity index (χ3n) is 1.30. The van der Waals surface area contributed by atoms with E-state index in [4.69, 9.17) is 0 Å². The molecule has 9 heteroatoms. The number of alkyl halides is 4. The number of hydrogen-bond donors (Lipinski definition) is 0. The van der Waals surface area contributed by atoms with E-state index in [1.165, 1.54) is 4.68 Å². The van der Waals surface area contributed by atoms with Gasteiger partial charge in [-0.2, -0.15) is 13.2 Å². The minimum absolute atomic E-state index is 0.155. The molecular weight excluding hydrogens is 285 g/mol. The molecule has 1 atom stereocenters. The van der Waals surface area contributed by atoms with Crippen LogP contribution in [0.15, 0.2) is 5.16 Å². The predicted molar refractivity (Wildman–Crippen MR) is 48.3 cm³/mol. The van der Waals surface area contributed by atoms with Crippen LogP contribution in [-0.2, 0) is 7.05 Å². The Hall–Kier alpha value is -0.310. The lowest BCUT2D eigenvalue weighted by atomic mass is 10.5. The SMILES string of the molecule is Cn1nnnc1SCC(Br)C(F)(F)F. The molecule has 0 bridgehead atoms. The Bertz CT molecular complexity index is 301. The topological polar surface area (TPSA) is 43.6 Å². The first-order valence-corrected chi connectivity index (χ1v) is 5.37. The van der Waals surface area contributed by atoms with Gasteiger partial charge in [-0.05, 0) is 10.4 Å². The summed E-state index contributed by atoms with van der Waals surface area (Å²) in [4.78, 5) is -1.54. The van der Waals surface area contributed by atoms with Crippen LogP contribution in [0.3, 0.4) is 0 Å². The highest BCUT2D eigenvalue weighted by Crippen LogP contribution is 2.30. The summed E-state index contributed by atoms with van der Waals surface area (Å²) < 4.78 is 37.5. The molecule has 1 aromatic rings. The number of thioether (sulfide) groups is 1. The van der Waals surface area contributed by atoms with Gasteiger partial charge in [-0.3, -0.25) is 0 Å². The fourth-order valence-corrected chi connectivity index (χ4v) is 1.78. The van der Waals surface area contributed by atoms with E-state index in [9.17, 15) is 13.2 Å². The zero-order valence-electron chi connectivity index (χ0n) is 6.99. The highest BCUT2D eigenvalue weighted by atomic mass is 79.9. The molecule has 0 fully saturated rings. The van der Waals surface area contributed by atoms with Crippen LogP contribution in [0.2, 0.25) is 0 Å². The van der Waals surface area contributed by atoms with Crippen molar-refractivity contribution in [2.24, 2.45) is 7.05 Å². The molecule has 0 amide bonds. The van der Waals surface area contributed by atoms with Gasteiger partial charge in [-0.25, -0.2) is 4.68 Å². The Balaban J connectivity index is 2.46. The van der Waals surface area contributed by atoms with Crippen LogP contribution in [0.5, 0.6) is 0 Å². The minimum atomic E-state index is -4.24. The van der Waals surface area contributed by atoms with Crippen LogP contribution in [0.1, 0.15) is 0 Å². The van der Waals surface area contributed by atoms with Gasteiger partial charge in [0, 0.05) is 12.8 Å². The summed E-state index contributed by atoms with van der Waals surface area (Å²) in [7, 11) is 1.57. The Labute approximate surface area is 90.4 Å². The third kappa shape index (κ3) is 3.12. The molecule has 0 saturated heterocycles. The van der Waals surface area contributed by atoms with Crippen LogP contribution < -0.4 is 0 Å². The normalized spacial score (nSPS) is 14.4. The highest BCUT2D eigenvalue weighted by molar-refractivity contribution is 9.09. The number of halogens is 4. The van der Waals surface area contributed by atoms with E-state index in [-0.39, 0.29) is 5.75 Å². The number of nitrogens with zero attached hydrogens (tertiary/aromatic N) is 4. The first-order chi connectivity index (χ1) is 6.41. The zero-order chi connectivity index (χ0) is 10.8. The van der Waals surface area contributed by atoms with Crippen molar-refractivity contribution in [3.8, 4) is 0 Å². The second-order valence-corrected chi connectivity index (χ2v) is 4.50. The number of aromatic nitrogens is 4. The van der Waals surface area contributed by atoms with Crippen LogP contribution in [0.4, 0.5) is 13.2 Å². The molecule has 0 spiro atoms. The van der Waals surface area contributed by atoms with Crippen molar-refractivity contribution < 1.29 is 13.2 Å². The third-order valence-corrected chi connectivity index (χ3v) is 3.67. The Kier molecular flexibility index (Phi) is 3.76. The minimum Gasteiger partial charge on any atom is -0.224 e. The molecule has 0 aliphatic rings. The summed E-state index contributed by atoms with van der Waals surface area (Å²) in [6.07, 6.45) is -4.24. The van der Waals surface area contributed by atoms with Gasteiger partial charge in [-0.15, -0.1) is 5.10 Å². The maximum atomic E-state index is 12.1. The summed E-state index contributed by atoms with van der Waals surface area (Å²) in [5.74, 6) is -0.155. The summed E-state index contributed by atoms with van der Waals surface area (Å²) in [5, 5.41) is 10.7. The van der Waals surface area contributed by atoms with E-state index < -0.39 is 11.0 Å². The first kappa shape index (κ1) is 11.8. The monoisotopic (exact) mass is 290 g/mol. The van der Waals surface area contributed by atoms with Crippen molar-refractivity contribution in [3.05, 3.63) is 0 Å². The maximum Gasteiger partial charge on any atom is 0.402 e. The van der Waals surface area contributed by atoms with Gasteiger partial charge in [0.05, 0.1) is 0 Å². The molecule has 1 heterocycles. The van der Waals surface area contributed by atoms with Gasteiger partial charge in [0.15, 0.2) is 0 Å². The summed E-state index contributed by atoms with van der Waals surface area (Å²) >= 11 is 3.49. The maximum absolute atomic E-state index is 12.1. The highest BCUT2D eigenvalue weighted by Gasteiger charge is 2.37. The summed E-state index contributed by atoms with van der Waals surface area (Å²) in [5.41, 5.74) is 0. The van der Waals surface area contributed by atoms with Gasteiger partial charge in [0.2, 0.25) is 5.16 Å². The van der Waals surface area contributed by atoms with Gasteiger partial charge in [-0.1, -0.05) is 27.7 Å². The fraction of sp³-hybridized carbons (Fsp3) is 0.800. The Morgan fingerprint density at radius 3 is 2.64 bits per heavy atom. The first-order valence-electron chi connectivity index (χ1n) is 3.47. The lowest BCUT2D eigenvalue weighted by Gasteiger charge is -2.12. The van der Waals surface area contributed by atoms with Crippen LogP contribution in [-0.4, -0.2) is 37.0 Å². The van der Waals surface area contributed by atoms with Crippen LogP contribution in [0.25, 0.3) is 0 Å². The van der Waals surface area contributed by atoms with Crippen LogP contribution in [0, 0.1) is 0 Å². The van der Waals surface area contributed by atoms with E-state index in [0.717, 1.165) is 11.8 Å². The predicted octanol–water partition coefficient (Wildman–Crippen LogP) is 1.63. The molecule has 80 valence electrons. The van der Waals surface area contributed by atoms with Gasteiger partial charge >= 0.3 is 6.18 Å². The number of rotatable bonds is 3. The van der Waals surface area contributed by atoms with Crippen molar-refractivity contribution in [3.63, 3.8) is 0 Å². The van der Waals surface area contributed by atoms with Crippen LogP contribution >= 0.6 is 27.7 Å². The Morgan fingerprint density at radius 1 is 1.57 bits per heavy atom. The number of hydrogen-bond acceptors (Lipinski definition) is 4. The van der Waals surface area contributed by atoms with Crippen molar-refractivity contribution in [2.75, 3.05) is 5.75 Å². The molecule has 1 aromatic heterocycles. The lowest BCUT2D eigenvalue weighted by Crippen LogP contribution is -2.25. The fourth-order valence-electron chi connectivity index (χ4n) is 0.586. The van der Waals surface area contributed by atoms with E-state index in [0.29, 0.717) is 5.16 Å². The second kappa shape index (κ2) is 4.47. The molecule has 0 aromatic carbocycles. The van der Waals surface area contributed by atoms with Gasteiger partial charge in [0.25, 0.3) is 0 Å². The second-order valence-electron chi connectivity index (χ2n) is 2.41. The van der Waals surface area contributed by atoms with Crippen molar-refractivity contribution >= 4 is 27.7 Å². The lowest BCUT2D eigenvalue weighted by molar-refractivity contribution is -0.122. The molecule has 14 heavy (non-hydrogen) atoms. The molecular formula is C5H6BrF3N4S. The zero-order valence-corrected chi connectivity index (χ0v) is 9.40. The largest absolute Gasteiger partial charge is 0.402 e. The molecule has 1 unspecified atom stereocenters. The average Bonchev–Trinajstić information content (AvgIpc) is 2.45. The molecule has 0 aliphatic carbocycles. The van der Waals surface area contributed by atoms with Crippen molar-refractivity contribution in [1.29, 1.82) is 0 Å². The molecule has 4 nitrogen and oxygen atoms in total. The molecule has 0 saturated carbocycles. The molecule has 0 N–H and O–H groups in total. The number of aryl methyl sites for hydroxylation is 1. The van der Waals surface area contributed by atoms with Gasteiger partial charge < -0.3 is 0 Å². The van der Waals surface area contributed by atoms with E-state index in [1.807, 2.05) is 0 Å². The number of tetrazole rings is 1. The molecule has 0 radical (unpaired) electrons. The molecule has 0 aliphatic heterocycles. The molecule has 1 rings (SSSR count). The summed E-state index contributed by atoms with van der Waals surface area (Å²) in [6.45, 7) is 0. The van der Waals surface area contributed by atoms with Crippen molar-refractivity contribution in [1.82, 2.24) is 20.2 Å². The smallest absolute Gasteiger partial charge is 0.224 e. The van der Waals surface area contributed by atoms with E-state index in [1.54, 1.807) is 7.05 Å². The standard InChI is InChI=1S/C5H6BrF3N4S/c1-13-4(10-11-12-13)14-2-3(6)5(7,8)9/h3H,2H2,1H3.